The van der Waals surface area contributed by atoms with Crippen LogP contribution < -0.4 is 16.4 Å². The molecule has 0 fully saturated rings. The van der Waals surface area contributed by atoms with E-state index in [2.05, 4.69) is 10.6 Å². The number of rotatable bonds is 17. The number of hydrogen-bond acceptors (Lipinski definition) is 8. The standard InChI is InChI=1S/C21H33N3O8/c22-8-2-1-3-17(21(29)30)24-20(28)18(13-15-4-6-16(26)7-5-15)23-19(27)14-32-12-11-31-10-9-25/h4-7,17-18,25-26H,1-3,8-14,22H2,(H,23,27)(H,24,28)(H,29,30)/t17-,18+/m0/s1. The first-order valence-electron chi connectivity index (χ1n) is 10.4. The Bertz CT molecular complexity index is 699. The molecular weight excluding hydrogens is 422 g/mol. The van der Waals surface area contributed by atoms with E-state index in [1.165, 1.54) is 12.1 Å². The van der Waals surface area contributed by atoms with Crippen molar-refractivity contribution in [2.45, 2.75) is 37.8 Å². The number of unbranched alkanes of at least 4 members (excludes halogenated alkanes) is 1. The van der Waals surface area contributed by atoms with Crippen molar-refractivity contribution in [3.8, 4) is 5.75 Å². The monoisotopic (exact) mass is 455 g/mol. The van der Waals surface area contributed by atoms with Gasteiger partial charge < -0.3 is 41.2 Å². The van der Waals surface area contributed by atoms with Crippen LogP contribution in [0.15, 0.2) is 24.3 Å². The molecule has 11 heteroatoms. The molecule has 0 saturated carbocycles. The summed E-state index contributed by atoms with van der Waals surface area (Å²) in [4.78, 5) is 36.6. The summed E-state index contributed by atoms with van der Waals surface area (Å²) < 4.78 is 10.2. The van der Waals surface area contributed by atoms with Crippen molar-refractivity contribution in [2.75, 3.05) is 39.6 Å². The third-order valence-corrected chi connectivity index (χ3v) is 4.43. The highest BCUT2D eigenvalue weighted by Gasteiger charge is 2.26. The summed E-state index contributed by atoms with van der Waals surface area (Å²) in [5.41, 5.74) is 6.10. The maximum Gasteiger partial charge on any atom is 0.326 e. The van der Waals surface area contributed by atoms with Crippen LogP contribution >= 0.6 is 0 Å². The Morgan fingerprint density at radius 3 is 2.28 bits per heavy atom. The number of carboxylic acid groups (broad SMARTS) is 1. The van der Waals surface area contributed by atoms with E-state index < -0.39 is 29.9 Å². The number of hydrogen-bond donors (Lipinski definition) is 6. The molecule has 0 bridgehead atoms. The van der Waals surface area contributed by atoms with Gasteiger partial charge in [0.15, 0.2) is 0 Å². The van der Waals surface area contributed by atoms with Gasteiger partial charge in [-0.05, 0) is 43.5 Å². The van der Waals surface area contributed by atoms with Gasteiger partial charge in [-0.1, -0.05) is 12.1 Å². The maximum atomic E-state index is 12.8. The fraction of sp³-hybridized carbons (Fsp3) is 0.571. The summed E-state index contributed by atoms with van der Waals surface area (Å²) in [5, 5.41) is 32.5. The van der Waals surface area contributed by atoms with Crippen LogP contribution in [-0.2, 0) is 30.3 Å². The van der Waals surface area contributed by atoms with Gasteiger partial charge in [-0.15, -0.1) is 0 Å². The Labute approximate surface area is 186 Å². The lowest BCUT2D eigenvalue weighted by Crippen LogP contribution is -2.53. The molecule has 0 unspecified atom stereocenters. The number of phenols is 1. The number of aliphatic hydroxyl groups excluding tert-OH is 1. The minimum absolute atomic E-state index is 0.0569. The van der Waals surface area contributed by atoms with E-state index in [1.54, 1.807) is 12.1 Å². The Morgan fingerprint density at radius 2 is 1.66 bits per heavy atom. The molecule has 0 aliphatic rings. The second-order valence-corrected chi connectivity index (χ2v) is 7.06. The lowest BCUT2D eigenvalue weighted by molar-refractivity contribution is -0.142. The van der Waals surface area contributed by atoms with Crippen LogP contribution in [0.2, 0.25) is 0 Å². The van der Waals surface area contributed by atoms with Gasteiger partial charge in [0.05, 0.1) is 26.4 Å². The molecule has 0 spiro atoms. The number of amides is 2. The maximum absolute atomic E-state index is 12.8. The number of carbonyl (C=O) groups is 3. The average Bonchev–Trinajstić information content (AvgIpc) is 2.76. The van der Waals surface area contributed by atoms with Gasteiger partial charge in [-0.2, -0.15) is 0 Å². The number of benzene rings is 1. The molecule has 0 aromatic heterocycles. The first-order chi connectivity index (χ1) is 15.4. The molecule has 0 saturated heterocycles. The van der Waals surface area contributed by atoms with E-state index in [0.717, 1.165) is 0 Å². The molecule has 0 heterocycles. The number of ether oxygens (including phenoxy) is 2. The second-order valence-electron chi connectivity index (χ2n) is 7.06. The summed E-state index contributed by atoms with van der Waals surface area (Å²) in [6.45, 7) is 0.489. The smallest absolute Gasteiger partial charge is 0.326 e. The van der Waals surface area contributed by atoms with Crippen molar-refractivity contribution in [3.63, 3.8) is 0 Å². The fourth-order valence-corrected chi connectivity index (χ4v) is 2.78. The van der Waals surface area contributed by atoms with Gasteiger partial charge >= 0.3 is 5.97 Å². The average molecular weight is 456 g/mol. The number of carbonyl (C=O) groups excluding carboxylic acids is 2. The van der Waals surface area contributed by atoms with E-state index in [4.69, 9.17) is 20.3 Å². The molecule has 2 amide bonds. The Hall–Kier alpha value is -2.73. The molecule has 7 N–H and O–H groups in total. The van der Waals surface area contributed by atoms with Crippen molar-refractivity contribution in [1.82, 2.24) is 10.6 Å². The number of aromatic hydroxyl groups is 1. The normalized spacial score (nSPS) is 12.7. The van der Waals surface area contributed by atoms with Crippen molar-refractivity contribution >= 4 is 17.8 Å². The largest absolute Gasteiger partial charge is 0.508 e. The zero-order chi connectivity index (χ0) is 23.8. The van der Waals surface area contributed by atoms with Crippen LogP contribution in [0.3, 0.4) is 0 Å². The predicted octanol–water partition coefficient (Wildman–Crippen LogP) is -0.857. The SMILES string of the molecule is NCCCC[C@H](NC(=O)[C@@H](Cc1ccc(O)cc1)NC(=O)COCCOCCO)C(=O)O. The van der Waals surface area contributed by atoms with Crippen LogP contribution in [0.4, 0.5) is 0 Å². The van der Waals surface area contributed by atoms with Crippen molar-refractivity contribution < 1.29 is 39.2 Å². The summed E-state index contributed by atoms with van der Waals surface area (Å²) in [6.07, 6.45) is 1.48. The van der Waals surface area contributed by atoms with E-state index in [0.29, 0.717) is 24.9 Å². The van der Waals surface area contributed by atoms with Crippen LogP contribution in [0.5, 0.6) is 5.75 Å². The molecule has 0 radical (unpaired) electrons. The molecule has 180 valence electrons. The second kappa shape index (κ2) is 16.0. The summed E-state index contributed by atoms with van der Waals surface area (Å²) in [5.74, 6) is -2.31. The minimum atomic E-state index is -1.17. The van der Waals surface area contributed by atoms with Crippen molar-refractivity contribution in [1.29, 1.82) is 0 Å². The summed E-state index contributed by atoms with van der Waals surface area (Å²) >= 11 is 0. The number of aliphatic carboxylic acids is 1. The van der Waals surface area contributed by atoms with Crippen LogP contribution in [0.1, 0.15) is 24.8 Å². The molecule has 32 heavy (non-hydrogen) atoms. The topological polar surface area (TPSA) is 180 Å². The van der Waals surface area contributed by atoms with Gasteiger partial charge in [0.1, 0.15) is 24.4 Å². The van der Waals surface area contributed by atoms with Crippen LogP contribution in [-0.4, -0.2) is 84.8 Å². The van der Waals surface area contributed by atoms with E-state index >= 15 is 0 Å². The Balaban J connectivity index is 2.73. The molecule has 1 aromatic carbocycles. The molecule has 0 aliphatic carbocycles. The number of nitrogens with one attached hydrogen (secondary N) is 2. The molecular formula is C21H33N3O8. The number of aliphatic hydroxyl groups is 1. The minimum Gasteiger partial charge on any atom is -0.508 e. The van der Waals surface area contributed by atoms with Gasteiger partial charge in [-0.25, -0.2) is 4.79 Å². The van der Waals surface area contributed by atoms with E-state index in [-0.39, 0.29) is 51.6 Å². The molecule has 0 aliphatic heterocycles. The molecule has 2 atom stereocenters. The third kappa shape index (κ3) is 11.6. The van der Waals surface area contributed by atoms with Gasteiger partial charge in [0, 0.05) is 6.42 Å². The summed E-state index contributed by atoms with van der Waals surface area (Å²) in [7, 11) is 0. The lowest BCUT2D eigenvalue weighted by Gasteiger charge is -2.22. The summed E-state index contributed by atoms with van der Waals surface area (Å²) in [6, 6.07) is 3.97. The zero-order valence-corrected chi connectivity index (χ0v) is 18.0. The number of nitrogens with two attached hydrogens (primary N) is 1. The quantitative estimate of drug-likeness (QED) is 0.163. The lowest BCUT2D eigenvalue weighted by atomic mass is 10.0. The van der Waals surface area contributed by atoms with Crippen LogP contribution in [0, 0.1) is 0 Å². The van der Waals surface area contributed by atoms with Crippen molar-refractivity contribution in [3.05, 3.63) is 29.8 Å². The highest BCUT2D eigenvalue weighted by Crippen LogP contribution is 2.12. The zero-order valence-electron chi connectivity index (χ0n) is 18.0. The van der Waals surface area contributed by atoms with Gasteiger partial charge in [-0.3, -0.25) is 9.59 Å². The first-order valence-corrected chi connectivity index (χ1v) is 10.4. The van der Waals surface area contributed by atoms with Crippen LogP contribution in [0.25, 0.3) is 0 Å². The number of phenolic OH excluding ortho intramolecular Hbond substituents is 1. The van der Waals surface area contributed by atoms with Gasteiger partial charge in [0.2, 0.25) is 11.8 Å². The van der Waals surface area contributed by atoms with E-state index in [1.807, 2.05) is 0 Å². The van der Waals surface area contributed by atoms with Crippen molar-refractivity contribution in [2.24, 2.45) is 5.73 Å². The van der Waals surface area contributed by atoms with E-state index in [9.17, 15) is 24.6 Å². The fourth-order valence-electron chi connectivity index (χ4n) is 2.78. The van der Waals surface area contributed by atoms with Gasteiger partial charge in [0.25, 0.3) is 0 Å². The third-order valence-electron chi connectivity index (χ3n) is 4.43. The number of carboxylic acids is 1. The first kappa shape index (κ1) is 27.3. The predicted molar refractivity (Wildman–Crippen MR) is 115 cm³/mol. The highest BCUT2D eigenvalue weighted by atomic mass is 16.5. The molecule has 1 aromatic rings. The Morgan fingerprint density at radius 1 is 0.969 bits per heavy atom. The Kier molecular flexibility index (Phi) is 13.6. The molecule has 11 nitrogen and oxygen atoms in total. The molecule has 1 rings (SSSR count). The highest BCUT2D eigenvalue weighted by molar-refractivity contribution is 5.90.